The minimum atomic E-state index is -1.14. The highest BCUT2D eigenvalue weighted by Crippen LogP contribution is 2.32. The van der Waals surface area contributed by atoms with Crippen LogP contribution in [0, 0.1) is 10.1 Å². The summed E-state index contributed by atoms with van der Waals surface area (Å²) >= 11 is 0. The lowest BCUT2D eigenvalue weighted by atomic mass is 9.85. The van der Waals surface area contributed by atoms with E-state index in [2.05, 4.69) is 0 Å². The molecule has 130 valence electrons. The smallest absolute Gasteiger partial charge is 0.334 e. The zero-order valence-electron chi connectivity index (χ0n) is 13.8. The molecule has 1 heterocycles. The van der Waals surface area contributed by atoms with Crippen LogP contribution < -0.4 is 0 Å². The van der Waals surface area contributed by atoms with E-state index in [1.54, 1.807) is 12.1 Å². The number of nitrogens with zero attached hydrogens (tertiary/aromatic N) is 2. The number of carbonyl (C=O) groups is 2. The summed E-state index contributed by atoms with van der Waals surface area (Å²) in [5, 5.41) is 20.3. The number of benzene rings is 1. The molecular weight excluding hydrogens is 316 g/mol. The lowest BCUT2D eigenvalue weighted by molar-refractivity contribution is -0.386. The Labute approximate surface area is 139 Å². The van der Waals surface area contributed by atoms with Gasteiger partial charge in [-0.3, -0.25) is 14.9 Å². The third kappa shape index (κ3) is 3.70. The van der Waals surface area contributed by atoms with Crippen molar-refractivity contribution in [1.82, 2.24) is 4.90 Å². The lowest BCUT2D eigenvalue weighted by Gasteiger charge is -2.31. The van der Waals surface area contributed by atoms with Crippen molar-refractivity contribution < 1.29 is 24.4 Å². The number of hydrogen-bond acceptors (Lipinski definition) is 5. The molecule has 0 spiro atoms. The van der Waals surface area contributed by atoms with Crippen LogP contribution in [-0.2, 0) is 14.9 Å². The molecule has 0 aromatic heterocycles. The second-order valence-electron chi connectivity index (χ2n) is 6.69. The largest absolute Gasteiger partial charge is 0.479 e. The maximum atomic E-state index is 12.6. The second-order valence-corrected chi connectivity index (χ2v) is 6.69. The van der Waals surface area contributed by atoms with Crippen molar-refractivity contribution in [3.63, 3.8) is 0 Å². The summed E-state index contributed by atoms with van der Waals surface area (Å²) in [7, 11) is 0. The van der Waals surface area contributed by atoms with Gasteiger partial charge in [0, 0.05) is 23.7 Å². The maximum Gasteiger partial charge on any atom is 0.334 e. The Bertz CT molecular complexity index is 680. The number of aliphatic carboxylic acids is 1. The highest BCUT2D eigenvalue weighted by molar-refractivity contribution is 5.95. The molecule has 0 aliphatic carbocycles. The molecule has 1 N–H and O–H groups in total. The van der Waals surface area contributed by atoms with E-state index in [1.807, 2.05) is 20.8 Å². The first-order valence-corrected chi connectivity index (χ1v) is 7.54. The van der Waals surface area contributed by atoms with Crippen LogP contribution >= 0.6 is 0 Å². The molecule has 1 atom stereocenters. The van der Waals surface area contributed by atoms with Crippen molar-refractivity contribution in [1.29, 1.82) is 0 Å². The zero-order chi connectivity index (χ0) is 18.1. The Morgan fingerprint density at radius 1 is 1.38 bits per heavy atom. The summed E-state index contributed by atoms with van der Waals surface area (Å²) in [5.41, 5.74) is 0.156. The van der Waals surface area contributed by atoms with Crippen LogP contribution in [0.3, 0.4) is 0 Å². The van der Waals surface area contributed by atoms with E-state index in [1.165, 1.54) is 11.0 Å². The number of carboxylic acid groups (broad SMARTS) is 1. The van der Waals surface area contributed by atoms with Crippen LogP contribution in [-0.4, -0.2) is 52.6 Å². The fraction of sp³-hybridized carbons (Fsp3) is 0.500. The van der Waals surface area contributed by atoms with Crippen LogP contribution in [0.4, 0.5) is 5.69 Å². The van der Waals surface area contributed by atoms with Crippen molar-refractivity contribution in [2.45, 2.75) is 32.3 Å². The SMILES string of the molecule is CC(C)(C)c1ccc(C(=O)N2CCOC(C(=O)O)C2)cc1[N+](=O)[O-]. The number of nitro benzene ring substituents is 1. The van der Waals surface area contributed by atoms with Crippen LogP contribution in [0.5, 0.6) is 0 Å². The molecule has 0 bridgehead atoms. The topological polar surface area (TPSA) is 110 Å². The van der Waals surface area contributed by atoms with E-state index in [9.17, 15) is 19.7 Å². The number of nitro groups is 1. The minimum Gasteiger partial charge on any atom is -0.479 e. The molecule has 1 fully saturated rings. The molecule has 8 heteroatoms. The lowest BCUT2D eigenvalue weighted by Crippen LogP contribution is -2.48. The average Bonchev–Trinajstić information content (AvgIpc) is 2.52. The van der Waals surface area contributed by atoms with Gasteiger partial charge in [0.15, 0.2) is 6.10 Å². The van der Waals surface area contributed by atoms with E-state index in [-0.39, 0.29) is 30.9 Å². The standard InChI is InChI=1S/C16H20N2O6/c1-16(2,3)11-5-4-10(8-12(11)18(22)23)14(19)17-6-7-24-13(9-17)15(20)21/h4-5,8,13H,6-7,9H2,1-3H3,(H,20,21). The normalized spacial score (nSPS) is 18.3. The number of amides is 1. The van der Waals surface area contributed by atoms with E-state index < -0.39 is 28.3 Å². The second kappa shape index (κ2) is 6.56. The summed E-state index contributed by atoms with van der Waals surface area (Å²) in [5.74, 6) is -1.57. The number of ether oxygens (including phenoxy) is 1. The molecule has 1 aromatic rings. The summed E-state index contributed by atoms with van der Waals surface area (Å²) in [6, 6.07) is 4.38. The van der Waals surface area contributed by atoms with Gasteiger partial charge in [-0.15, -0.1) is 0 Å². The van der Waals surface area contributed by atoms with Gasteiger partial charge < -0.3 is 14.7 Å². The van der Waals surface area contributed by atoms with Crippen molar-refractivity contribution in [2.24, 2.45) is 0 Å². The van der Waals surface area contributed by atoms with Gasteiger partial charge in [0.1, 0.15) is 0 Å². The van der Waals surface area contributed by atoms with E-state index in [0.29, 0.717) is 5.56 Å². The molecular formula is C16H20N2O6. The van der Waals surface area contributed by atoms with E-state index in [4.69, 9.17) is 9.84 Å². The first-order valence-electron chi connectivity index (χ1n) is 7.54. The first kappa shape index (κ1) is 17.9. The van der Waals surface area contributed by atoms with Gasteiger partial charge in [0.25, 0.3) is 11.6 Å². The number of carbonyl (C=O) groups excluding carboxylic acids is 1. The predicted octanol–water partition coefficient (Wildman–Crippen LogP) is 1.82. The van der Waals surface area contributed by atoms with Gasteiger partial charge in [-0.05, 0) is 11.5 Å². The monoisotopic (exact) mass is 336 g/mol. The Kier molecular flexibility index (Phi) is 4.88. The number of carboxylic acids is 1. The van der Waals surface area contributed by atoms with Gasteiger partial charge >= 0.3 is 5.97 Å². The number of morpholine rings is 1. The van der Waals surface area contributed by atoms with E-state index >= 15 is 0 Å². The molecule has 1 unspecified atom stereocenters. The highest BCUT2D eigenvalue weighted by Gasteiger charge is 2.31. The number of rotatable bonds is 3. The molecule has 1 amide bonds. The quantitative estimate of drug-likeness (QED) is 0.666. The van der Waals surface area contributed by atoms with Crippen LogP contribution in [0.25, 0.3) is 0 Å². The first-order chi connectivity index (χ1) is 11.1. The summed E-state index contributed by atoms with van der Waals surface area (Å²) < 4.78 is 5.08. The van der Waals surface area contributed by atoms with Gasteiger partial charge in [-0.25, -0.2) is 4.79 Å². The van der Waals surface area contributed by atoms with Crippen LogP contribution in [0.15, 0.2) is 18.2 Å². The molecule has 1 aliphatic rings. The van der Waals surface area contributed by atoms with Gasteiger partial charge in [-0.1, -0.05) is 26.8 Å². The molecule has 2 rings (SSSR count). The summed E-state index contributed by atoms with van der Waals surface area (Å²) in [6.45, 7) is 5.86. The van der Waals surface area contributed by atoms with Crippen LogP contribution in [0.2, 0.25) is 0 Å². The predicted molar refractivity (Wildman–Crippen MR) is 85.1 cm³/mol. The fourth-order valence-corrected chi connectivity index (χ4v) is 2.62. The molecule has 0 saturated carbocycles. The molecule has 1 aromatic carbocycles. The fourth-order valence-electron chi connectivity index (χ4n) is 2.62. The van der Waals surface area contributed by atoms with Crippen molar-refractivity contribution >= 4 is 17.6 Å². The van der Waals surface area contributed by atoms with Gasteiger partial charge in [0.2, 0.25) is 0 Å². The Hall–Kier alpha value is -2.48. The Morgan fingerprint density at radius 3 is 2.58 bits per heavy atom. The average molecular weight is 336 g/mol. The van der Waals surface area contributed by atoms with Gasteiger partial charge in [-0.2, -0.15) is 0 Å². The van der Waals surface area contributed by atoms with Crippen molar-refractivity contribution in [3.8, 4) is 0 Å². The molecule has 24 heavy (non-hydrogen) atoms. The van der Waals surface area contributed by atoms with E-state index in [0.717, 1.165) is 0 Å². The van der Waals surface area contributed by atoms with Crippen LogP contribution in [0.1, 0.15) is 36.7 Å². The maximum absolute atomic E-state index is 12.6. The molecule has 1 aliphatic heterocycles. The minimum absolute atomic E-state index is 0.0804. The Balaban J connectivity index is 2.32. The third-order valence-electron chi connectivity index (χ3n) is 3.88. The Morgan fingerprint density at radius 2 is 2.04 bits per heavy atom. The molecule has 8 nitrogen and oxygen atoms in total. The zero-order valence-corrected chi connectivity index (χ0v) is 13.8. The summed E-state index contributed by atoms with van der Waals surface area (Å²) in [4.78, 5) is 35.7. The third-order valence-corrected chi connectivity index (χ3v) is 3.88. The summed E-state index contributed by atoms with van der Waals surface area (Å²) in [6.07, 6.45) is -1.08. The molecule has 1 saturated heterocycles. The molecule has 0 radical (unpaired) electrons. The van der Waals surface area contributed by atoms with Gasteiger partial charge in [0.05, 0.1) is 18.1 Å². The van der Waals surface area contributed by atoms with Crippen molar-refractivity contribution in [3.05, 3.63) is 39.4 Å². The highest BCUT2D eigenvalue weighted by atomic mass is 16.6. The number of hydrogen-bond donors (Lipinski definition) is 1. The van der Waals surface area contributed by atoms with Crippen molar-refractivity contribution in [2.75, 3.05) is 19.7 Å².